The van der Waals surface area contributed by atoms with Crippen LogP contribution in [0.2, 0.25) is 0 Å². The fraction of sp³-hybridized carbons (Fsp3) is 0.851. The second kappa shape index (κ2) is 43.8. The highest BCUT2D eigenvalue weighted by Gasteiger charge is 2.28. The number of halogens is 1. The van der Waals surface area contributed by atoms with E-state index in [1.165, 1.54) is 116 Å². The number of rotatable bonds is 42. The number of nitrogens with zero attached hydrogens (tertiary/aromatic N) is 2. The molecule has 0 saturated heterocycles. The minimum Gasteiger partial charge on any atom is -1.00 e. The zero-order valence-electron chi connectivity index (χ0n) is 37.2. The molecule has 0 unspecified atom stereocenters. The van der Waals surface area contributed by atoms with Crippen LogP contribution >= 0.6 is 0 Å². The molecule has 0 aliphatic carbocycles. The summed E-state index contributed by atoms with van der Waals surface area (Å²) in [5, 5.41) is 19.1. The number of allylic oxidation sites excluding steroid dienone is 4. The molecule has 0 saturated carbocycles. The van der Waals surface area contributed by atoms with Gasteiger partial charge in [-0.3, -0.25) is 14.4 Å². The van der Waals surface area contributed by atoms with Crippen LogP contribution in [0.25, 0.3) is 0 Å². The van der Waals surface area contributed by atoms with E-state index in [1.807, 2.05) is 7.05 Å². The predicted molar refractivity (Wildman–Crippen MR) is 232 cm³/mol. The number of hydrogen-bond acceptors (Lipinski definition) is 7. The lowest BCUT2D eigenvalue weighted by Gasteiger charge is -2.34. The van der Waals surface area contributed by atoms with Crippen LogP contribution in [-0.4, -0.2) is 104 Å². The van der Waals surface area contributed by atoms with Crippen LogP contribution in [0.3, 0.4) is 0 Å². The summed E-state index contributed by atoms with van der Waals surface area (Å²) in [4.78, 5) is 39.8. The van der Waals surface area contributed by atoms with Crippen molar-refractivity contribution in [3.63, 3.8) is 0 Å². The zero-order chi connectivity index (χ0) is 41.2. The summed E-state index contributed by atoms with van der Waals surface area (Å²) in [7, 11) is 1.82. The van der Waals surface area contributed by atoms with Gasteiger partial charge in [0.2, 0.25) is 0 Å². The van der Waals surface area contributed by atoms with Gasteiger partial charge in [-0.05, 0) is 64.2 Å². The largest absolute Gasteiger partial charge is 1.00 e. The van der Waals surface area contributed by atoms with Gasteiger partial charge in [-0.15, -0.1) is 0 Å². The molecule has 1 amide bonds. The second-order valence-electron chi connectivity index (χ2n) is 16.2. The molecule has 0 aliphatic rings. The molecule has 0 aliphatic heterocycles. The van der Waals surface area contributed by atoms with Crippen LogP contribution < -0.4 is 17.0 Å². The summed E-state index contributed by atoms with van der Waals surface area (Å²) < 4.78 is 11.2. The Morgan fingerprint density at radius 3 is 1.16 bits per heavy atom. The summed E-state index contributed by atoms with van der Waals surface area (Å²) in [5.41, 5.74) is 0. The first-order chi connectivity index (χ1) is 27.3. The number of quaternary nitrogens is 1. The normalized spacial score (nSPS) is 11.7. The van der Waals surface area contributed by atoms with Crippen molar-refractivity contribution in [1.82, 2.24) is 4.90 Å². The van der Waals surface area contributed by atoms with Crippen LogP contribution in [0.1, 0.15) is 194 Å². The Morgan fingerprint density at radius 1 is 0.509 bits per heavy atom. The van der Waals surface area contributed by atoms with Crippen molar-refractivity contribution in [3.05, 3.63) is 24.3 Å². The Bertz CT molecular complexity index is 913. The number of aliphatic hydroxyl groups excluding tert-OH is 2. The third kappa shape index (κ3) is 39.5. The number of carbonyl (C=O) groups excluding carboxylic acids is 3. The Hall–Kier alpha value is -1.75. The topological polar surface area (TPSA) is 113 Å². The highest BCUT2D eigenvalue weighted by molar-refractivity contribution is 5.77. The van der Waals surface area contributed by atoms with E-state index in [4.69, 9.17) is 9.47 Å². The van der Waals surface area contributed by atoms with Gasteiger partial charge in [0.15, 0.2) is 6.54 Å². The maximum atomic E-state index is 13.4. The van der Waals surface area contributed by atoms with Gasteiger partial charge < -0.3 is 46.1 Å². The average Bonchev–Trinajstić information content (AvgIpc) is 3.17. The molecule has 0 aromatic rings. The van der Waals surface area contributed by atoms with Crippen LogP contribution in [0.4, 0.5) is 0 Å². The molecule has 0 aromatic carbocycles. The number of aliphatic hydroxyl groups is 2. The second-order valence-corrected chi connectivity index (χ2v) is 16.2. The number of amides is 1. The number of carbonyl (C=O) groups is 3. The van der Waals surface area contributed by atoms with Gasteiger partial charge in [0.05, 0.1) is 33.4 Å². The molecule has 10 heteroatoms. The van der Waals surface area contributed by atoms with Gasteiger partial charge in [-0.2, -0.15) is 0 Å². The third-order valence-corrected chi connectivity index (χ3v) is 10.7. The summed E-state index contributed by atoms with van der Waals surface area (Å²) in [6.07, 6.45) is 41.2. The van der Waals surface area contributed by atoms with Crippen LogP contribution in [0.5, 0.6) is 0 Å². The van der Waals surface area contributed by atoms with E-state index < -0.39 is 0 Å². The zero-order valence-corrected chi connectivity index (χ0v) is 38.8. The molecule has 0 radical (unpaired) electrons. The number of ether oxygens (including phenoxy) is 2. The molecule has 2 N–H and O–H groups in total. The first-order valence-electron chi connectivity index (χ1n) is 23.3. The van der Waals surface area contributed by atoms with E-state index in [0.717, 1.165) is 51.4 Å². The highest BCUT2D eigenvalue weighted by Crippen LogP contribution is 2.13. The molecule has 0 fully saturated rings. The monoisotopic (exact) mass is 873 g/mol. The van der Waals surface area contributed by atoms with Crippen molar-refractivity contribution in [3.8, 4) is 0 Å². The van der Waals surface area contributed by atoms with Gasteiger partial charge in [0.25, 0.3) is 5.91 Å². The Morgan fingerprint density at radius 2 is 0.825 bits per heavy atom. The minimum atomic E-state index is -0.261. The third-order valence-electron chi connectivity index (χ3n) is 10.7. The number of esters is 2. The molecule has 57 heavy (non-hydrogen) atoms. The molecule has 0 aromatic heterocycles. The van der Waals surface area contributed by atoms with E-state index in [9.17, 15) is 24.6 Å². The summed E-state index contributed by atoms with van der Waals surface area (Å²) in [6, 6.07) is 0. The van der Waals surface area contributed by atoms with Gasteiger partial charge in [0, 0.05) is 12.8 Å². The Labute approximate surface area is 361 Å². The van der Waals surface area contributed by atoms with E-state index >= 15 is 0 Å². The maximum Gasteiger partial charge on any atom is 0.305 e. The number of likely N-dealkylation sites (N-methyl/N-ethyl adjacent to an activating group) is 1. The van der Waals surface area contributed by atoms with Crippen molar-refractivity contribution >= 4 is 17.8 Å². The molecule has 0 atom stereocenters. The van der Waals surface area contributed by atoms with Crippen LogP contribution in [0, 0.1) is 0 Å². The smallest absolute Gasteiger partial charge is 0.305 e. The Kier molecular flexibility index (Phi) is 44.1. The van der Waals surface area contributed by atoms with E-state index in [1.54, 1.807) is 4.90 Å². The van der Waals surface area contributed by atoms with Gasteiger partial charge in [-0.1, -0.05) is 141 Å². The fourth-order valence-electron chi connectivity index (χ4n) is 6.90. The van der Waals surface area contributed by atoms with Crippen molar-refractivity contribution in [1.29, 1.82) is 0 Å². The average molecular weight is 874 g/mol. The van der Waals surface area contributed by atoms with Crippen molar-refractivity contribution in [2.24, 2.45) is 0 Å². The molecule has 0 rings (SSSR count). The standard InChI is InChI=1S/C47H89N2O7.BrH/c1-4-6-8-10-12-14-16-18-20-22-24-26-28-30-32-34-46(53)55-42-36-48(45(52)44-49(3,38-40-50)39-41-51)37-43-56-47(54)35-33-31-29-27-25-23-21-19-17-15-13-11-9-7-5-2;/h18-21,50-51H,4-17,22-44H2,1-3H3;1H/q+1;/p-1. The summed E-state index contributed by atoms with van der Waals surface area (Å²) >= 11 is 0. The molecule has 336 valence electrons. The molecule has 0 spiro atoms. The lowest BCUT2D eigenvalue weighted by Crippen LogP contribution is -3.00. The quantitative estimate of drug-likeness (QED) is 0.0285. The Balaban J connectivity index is 0. The van der Waals surface area contributed by atoms with Gasteiger partial charge in [0.1, 0.15) is 26.3 Å². The predicted octanol–water partition coefficient (Wildman–Crippen LogP) is 7.41. The SMILES string of the molecule is CCCCCCCCC=CCCCCCCCC(=O)OCCN(CCOC(=O)CCCCCCCC=CCCCCCCCC)C(=O)C[N+](C)(CCO)CCO.[Br-]. The lowest BCUT2D eigenvalue weighted by molar-refractivity contribution is -0.902. The molecule has 9 nitrogen and oxygen atoms in total. The number of hydrogen-bond donors (Lipinski definition) is 2. The van der Waals surface area contributed by atoms with Crippen LogP contribution in [0.15, 0.2) is 24.3 Å². The van der Waals surface area contributed by atoms with E-state index in [-0.39, 0.29) is 85.4 Å². The minimum absolute atomic E-state index is 0. The molecular weight excluding hydrogens is 784 g/mol. The van der Waals surface area contributed by atoms with Crippen LogP contribution in [-0.2, 0) is 23.9 Å². The van der Waals surface area contributed by atoms with E-state index in [0.29, 0.717) is 25.9 Å². The van der Waals surface area contributed by atoms with Crippen molar-refractivity contribution in [2.75, 3.05) is 66.2 Å². The number of unbranched alkanes of at least 4 members (excludes halogenated alkanes) is 22. The van der Waals surface area contributed by atoms with Gasteiger partial charge >= 0.3 is 11.9 Å². The molecule has 0 bridgehead atoms. The lowest BCUT2D eigenvalue weighted by atomic mass is 10.1. The first kappa shape index (κ1) is 57.3. The van der Waals surface area contributed by atoms with Crippen molar-refractivity contribution < 1.29 is 55.5 Å². The fourth-order valence-corrected chi connectivity index (χ4v) is 6.90. The van der Waals surface area contributed by atoms with Gasteiger partial charge in [-0.25, -0.2) is 0 Å². The molecular formula is C47H89BrN2O7. The van der Waals surface area contributed by atoms with E-state index in [2.05, 4.69) is 38.2 Å². The summed E-state index contributed by atoms with van der Waals surface area (Å²) in [5.74, 6) is -0.721. The first-order valence-corrected chi connectivity index (χ1v) is 23.3. The summed E-state index contributed by atoms with van der Waals surface area (Å²) in [6.45, 7) is 5.57. The molecule has 0 heterocycles. The maximum absolute atomic E-state index is 13.4. The highest BCUT2D eigenvalue weighted by atomic mass is 79.9. The van der Waals surface area contributed by atoms with Crippen molar-refractivity contribution in [2.45, 2.75) is 194 Å².